The lowest BCUT2D eigenvalue weighted by Gasteiger charge is -2.52. The van der Waals surface area contributed by atoms with Gasteiger partial charge in [-0.3, -0.25) is 9.69 Å². The lowest BCUT2D eigenvalue weighted by molar-refractivity contribution is -0.154. The highest BCUT2D eigenvalue weighted by Crippen LogP contribution is 2.40. The van der Waals surface area contributed by atoms with Crippen molar-refractivity contribution in [2.45, 2.75) is 56.8 Å². The first kappa shape index (κ1) is 25.8. The number of hydrogen-bond acceptors (Lipinski definition) is 7. The summed E-state index contributed by atoms with van der Waals surface area (Å²) in [4.78, 5) is 25.5. The van der Waals surface area contributed by atoms with Gasteiger partial charge in [0.2, 0.25) is 5.95 Å². The maximum Gasteiger partial charge on any atom is 0.321 e. The predicted octanol–water partition coefficient (Wildman–Crippen LogP) is 4.73. The molecule has 194 valence electrons. The van der Waals surface area contributed by atoms with Crippen LogP contribution in [0.1, 0.15) is 44.2 Å². The molecule has 1 saturated carbocycles. The van der Waals surface area contributed by atoms with Gasteiger partial charge in [-0.1, -0.05) is 40.9 Å². The summed E-state index contributed by atoms with van der Waals surface area (Å²) in [5.41, 5.74) is 0.877. The Morgan fingerprint density at radius 2 is 1.94 bits per heavy atom. The standard InChI is InChI=1S/C25H30Cl3N5O3/c1-13(18-5-4-15(26)7-20(18)27)30-23-21(28)10-29-25(31-23)32-11-14(12-32)19-3-2-6-33(22(19)24(35)36)16-8-17(34)9-16/h4-5,7,10,13-14,16-17,19,22,34H,2-3,6,8-9,11-12H2,1H3,(H,35,36)(H,29,30,31). The van der Waals surface area contributed by atoms with Gasteiger partial charge in [-0.15, -0.1) is 0 Å². The molecule has 0 radical (unpaired) electrons. The first-order chi connectivity index (χ1) is 17.2. The number of nitrogens with one attached hydrogen (secondary N) is 1. The lowest BCUT2D eigenvalue weighted by atomic mass is 9.73. The van der Waals surface area contributed by atoms with E-state index in [1.165, 1.54) is 0 Å². The van der Waals surface area contributed by atoms with E-state index in [0.717, 1.165) is 24.9 Å². The Morgan fingerprint density at radius 3 is 2.61 bits per heavy atom. The molecule has 2 aromatic rings. The molecule has 1 aliphatic carbocycles. The van der Waals surface area contributed by atoms with Crippen LogP contribution in [0, 0.1) is 11.8 Å². The van der Waals surface area contributed by atoms with Crippen LogP contribution in [0.25, 0.3) is 0 Å². The van der Waals surface area contributed by atoms with E-state index < -0.39 is 12.0 Å². The SMILES string of the molecule is CC(Nc1nc(N2CC(C3CCCN(C4CC(O)C4)C3C(=O)O)C2)ncc1Cl)c1ccc(Cl)cc1Cl. The third-order valence-corrected chi connectivity index (χ3v) is 8.68. The number of benzene rings is 1. The van der Waals surface area contributed by atoms with Crippen molar-refractivity contribution in [3.63, 3.8) is 0 Å². The van der Waals surface area contributed by atoms with Crippen LogP contribution in [0.3, 0.4) is 0 Å². The molecule has 0 bridgehead atoms. The summed E-state index contributed by atoms with van der Waals surface area (Å²) in [6.07, 6.45) is 4.50. The first-order valence-electron chi connectivity index (χ1n) is 12.4. The zero-order valence-corrected chi connectivity index (χ0v) is 22.2. The molecular formula is C25H30Cl3N5O3. The second kappa shape index (κ2) is 10.5. The van der Waals surface area contributed by atoms with Crippen LogP contribution < -0.4 is 10.2 Å². The van der Waals surface area contributed by atoms with E-state index in [0.29, 0.717) is 52.8 Å². The van der Waals surface area contributed by atoms with Crippen LogP contribution in [0.5, 0.6) is 0 Å². The summed E-state index contributed by atoms with van der Waals surface area (Å²) in [6.45, 7) is 4.16. The van der Waals surface area contributed by atoms with E-state index in [1.54, 1.807) is 18.3 Å². The van der Waals surface area contributed by atoms with Gasteiger partial charge in [-0.25, -0.2) is 4.98 Å². The number of carboxylic acids is 1. The Morgan fingerprint density at radius 1 is 1.19 bits per heavy atom. The number of aliphatic hydroxyl groups is 1. The number of aliphatic hydroxyl groups excluding tert-OH is 1. The highest BCUT2D eigenvalue weighted by atomic mass is 35.5. The number of anilines is 2. The van der Waals surface area contributed by atoms with Crippen molar-refractivity contribution in [1.82, 2.24) is 14.9 Å². The highest BCUT2D eigenvalue weighted by Gasteiger charge is 2.48. The maximum absolute atomic E-state index is 12.3. The van der Waals surface area contributed by atoms with E-state index in [9.17, 15) is 15.0 Å². The molecule has 3 fully saturated rings. The summed E-state index contributed by atoms with van der Waals surface area (Å²) in [6, 6.07) is 4.87. The fourth-order valence-corrected chi connectivity index (χ4v) is 6.52. The number of carbonyl (C=O) groups is 1. The molecule has 36 heavy (non-hydrogen) atoms. The van der Waals surface area contributed by atoms with Crippen molar-refractivity contribution in [3.05, 3.63) is 45.0 Å². The molecular weight excluding hydrogens is 525 g/mol. The average molecular weight is 555 g/mol. The molecule has 3 aliphatic rings. The molecule has 5 rings (SSSR count). The van der Waals surface area contributed by atoms with Gasteiger partial charge in [0.15, 0.2) is 5.82 Å². The van der Waals surface area contributed by atoms with Crippen molar-refractivity contribution >= 4 is 52.5 Å². The normalized spacial score (nSPS) is 27.8. The number of nitrogens with zero attached hydrogens (tertiary/aromatic N) is 4. The molecule has 2 aliphatic heterocycles. The van der Waals surface area contributed by atoms with E-state index in [1.807, 2.05) is 13.0 Å². The number of aromatic nitrogens is 2. The van der Waals surface area contributed by atoms with Crippen LogP contribution in [-0.4, -0.2) is 68.9 Å². The van der Waals surface area contributed by atoms with Gasteiger partial charge < -0.3 is 20.4 Å². The highest BCUT2D eigenvalue weighted by molar-refractivity contribution is 6.35. The van der Waals surface area contributed by atoms with Crippen molar-refractivity contribution in [2.24, 2.45) is 11.8 Å². The quantitative estimate of drug-likeness (QED) is 0.451. The third-order valence-electron chi connectivity index (χ3n) is 7.84. The van der Waals surface area contributed by atoms with Crippen LogP contribution >= 0.6 is 34.8 Å². The van der Waals surface area contributed by atoms with Gasteiger partial charge in [-0.05, 0) is 68.7 Å². The smallest absolute Gasteiger partial charge is 0.321 e. The molecule has 3 atom stereocenters. The molecule has 3 N–H and O–H groups in total. The number of piperidine rings is 1. The largest absolute Gasteiger partial charge is 0.480 e. The Balaban J connectivity index is 1.25. The lowest BCUT2D eigenvalue weighted by Crippen LogP contribution is -2.63. The fourth-order valence-electron chi connectivity index (χ4n) is 5.80. The Kier molecular flexibility index (Phi) is 7.52. The Bertz CT molecular complexity index is 1130. The predicted molar refractivity (Wildman–Crippen MR) is 141 cm³/mol. The summed E-state index contributed by atoms with van der Waals surface area (Å²) in [5.74, 6) is 0.640. The van der Waals surface area contributed by atoms with Gasteiger partial charge in [0.1, 0.15) is 11.1 Å². The minimum absolute atomic E-state index is 0.0715. The summed E-state index contributed by atoms with van der Waals surface area (Å²) in [7, 11) is 0. The number of aliphatic carboxylic acids is 1. The fraction of sp³-hybridized carbons (Fsp3) is 0.560. The monoisotopic (exact) mass is 553 g/mol. The van der Waals surface area contributed by atoms with Crippen molar-refractivity contribution in [1.29, 1.82) is 0 Å². The topological polar surface area (TPSA) is 102 Å². The van der Waals surface area contributed by atoms with Crippen LogP contribution in [0.2, 0.25) is 15.1 Å². The molecule has 8 nitrogen and oxygen atoms in total. The second-order valence-electron chi connectivity index (χ2n) is 10.2. The number of halogens is 3. The van der Waals surface area contributed by atoms with Gasteiger partial charge >= 0.3 is 5.97 Å². The molecule has 11 heteroatoms. The van der Waals surface area contributed by atoms with Gasteiger partial charge in [-0.2, -0.15) is 4.98 Å². The third kappa shape index (κ3) is 5.11. The van der Waals surface area contributed by atoms with Crippen molar-refractivity contribution < 1.29 is 15.0 Å². The average Bonchev–Trinajstić information content (AvgIpc) is 2.77. The molecule has 3 unspecified atom stereocenters. The van der Waals surface area contributed by atoms with Crippen LogP contribution in [-0.2, 0) is 4.79 Å². The second-order valence-corrected chi connectivity index (χ2v) is 11.4. The van der Waals surface area contributed by atoms with Crippen molar-refractivity contribution in [3.8, 4) is 0 Å². The maximum atomic E-state index is 12.3. The number of carboxylic acid groups (broad SMARTS) is 1. The Labute approximate surface area is 225 Å². The van der Waals surface area contributed by atoms with E-state index in [2.05, 4.69) is 25.1 Å². The zero-order valence-electron chi connectivity index (χ0n) is 19.9. The molecule has 0 amide bonds. The summed E-state index contributed by atoms with van der Waals surface area (Å²) in [5, 5.41) is 24.7. The molecule has 0 spiro atoms. The van der Waals surface area contributed by atoms with Crippen LogP contribution in [0.4, 0.5) is 11.8 Å². The summed E-state index contributed by atoms with van der Waals surface area (Å²) < 4.78 is 0. The minimum Gasteiger partial charge on any atom is -0.480 e. The number of rotatable bonds is 7. The molecule has 1 aromatic carbocycles. The van der Waals surface area contributed by atoms with Crippen LogP contribution in [0.15, 0.2) is 24.4 Å². The molecule has 3 heterocycles. The van der Waals surface area contributed by atoms with E-state index in [4.69, 9.17) is 34.8 Å². The van der Waals surface area contributed by atoms with Crippen molar-refractivity contribution in [2.75, 3.05) is 29.9 Å². The molecule has 1 aromatic heterocycles. The van der Waals surface area contributed by atoms with E-state index in [-0.39, 0.29) is 30.0 Å². The van der Waals surface area contributed by atoms with Gasteiger partial charge in [0, 0.05) is 29.2 Å². The summed E-state index contributed by atoms with van der Waals surface area (Å²) >= 11 is 18.8. The first-order valence-corrected chi connectivity index (χ1v) is 13.5. The Hall–Kier alpha value is -1.84. The molecule has 2 saturated heterocycles. The van der Waals surface area contributed by atoms with E-state index >= 15 is 0 Å². The van der Waals surface area contributed by atoms with Gasteiger partial charge in [0.05, 0.1) is 18.3 Å². The zero-order chi connectivity index (χ0) is 25.6. The number of hydrogen-bond donors (Lipinski definition) is 3. The van der Waals surface area contributed by atoms with Gasteiger partial charge in [0.25, 0.3) is 0 Å². The number of likely N-dealkylation sites (tertiary alicyclic amines) is 1. The minimum atomic E-state index is -0.761.